The Morgan fingerprint density at radius 2 is 2.11 bits per heavy atom. The van der Waals surface area contributed by atoms with Crippen molar-refractivity contribution in [3.8, 4) is 0 Å². The molecule has 0 spiro atoms. The fourth-order valence-corrected chi connectivity index (χ4v) is 3.16. The SMILES string of the molecule is CC(C)NCCCS(=O)(=O)NCC1(C)CCCO1. The van der Waals surface area contributed by atoms with Gasteiger partial charge in [0.2, 0.25) is 10.0 Å². The van der Waals surface area contributed by atoms with Crippen molar-refractivity contribution in [2.24, 2.45) is 0 Å². The third-order valence-electron chi connectivity index (χ3n) is 3.11. The summed E-state index contributed by atoms with van der Waals surface area (Å²) >= 11 is 0. The van der Waals surface area contributed by atoms with Crippen molar-refractivity contribution in [1.82, 2.24) is 10.0 Å². The van der Waals surface area contributed by atoms with Crippen molar-refractivity contribution in [2.45, 2.75) is 51.7 Å². The highest BCUT2D eigenvalue weighted by Crippen LogP contribution is 2.24. The van der Waals surface area contributed by atoms with Crippen LogP contribution in [0.1, 0.15) is 40.0 Å². The van der Waals surface area contributed by atoms with E-state index >= 15 is 0 Å². The summed E-state index contributed by atoms with van der Waals surface area (Å²) in [6, 6.07) is 0.395. The minimum absolute atomic E-state index is 0.169. The van der Waals surface area contributed by atoms with Gasteiger partial charge in [-0.25, -0.2) is 13.1 Å². The van der Waals surface area contributed by atoms with Gasteiger partial charge in [-0.2, -0.15) is 0 Å². The van der Waals surface area contributed by atoms with Crippen LogP contribution in [-0.4, -0.2) is 45.5 Å². The second-order valence-electron chi connectivity index (χ2n) is 5.50. The predicted molar refractivity (Wildman–Crippen MR) is 73.1 cm³/mol. The first-order chi connectivity index (χ1) is 8.33. The van der Waals surface area contributed by atoms with Crippen LogP contribution in [0.5, 0.6) is 0 Å². The van der Waals surface area contributed by atoms with Crippen LogP contribution in [0.2, 0.25) is 0 Å². The Hall–Kier alpha value is -0.170. The van der Waals surface area contributed by atoms with E-state index in [0.29, 0.717) is 19.0 Å². The quantitative estimate of drug-likeness (QED) is 0.646. The molecule has 0 aromatic rings. The average molecular weight is 278 g/mol. The van der Waals surface area contributed by atoms with Gasteiger partial charge < -0.3 is 10.1 Å². The predicted octanol–water partition coefficient (Wildman–Crippen LogP) is 0.863. The molecule has 0 aromatic heterocycles. The molecule has 1 rings (SSSR count). The summed E-state index contributed by atoms with van der Waals surface area (Å²) in [5.41, 5.74) is -0.316. The molecule has 0 radical (unpaired) electrons. The highest BCUT2D eigenvalue weighted by molar-refractivity contribution is 7.89. The Morgan fingerprint density at radius 1 is 1.39 bits per heavy atom. The second kappa shape index (κ2) is 6.84. The van der Waals surface area contributed by atoms with E-state index in [-0.39, 0.29) is 11.4 Å². The molecule has 108 valence electrons. The van der Waals surface area contributed by atoms with Crippen molar-refractivity contribution < 1.29 is 13.2 Å². The lowest BCUT2D eigenvalue weighted by molar-refractivity contribution is 0.0250. The summed E-state index contributed by atoms with van der Waals surface area (Å²) in [6.07, 6.45) is 2.56. The monoisotopic (exact) mass is 278 g/mol. The van der Waals surface area contributed by atoms with Gasteiger partial charge in [0.05, 0.1) is 11.4 Å². The third-order valence-corrected chi connectivity index (χ3v) is 4.52. The standard InChI is InChI=1S/C12H26N2O3S/c1-11(2)13-7-5-9-18(15,16)14-10-12(3)6-4-8-17-12/h11,13-14H,4-10H2,1-3H3. The molecule has 1 saturated heterocycles. The van der Waals surface area contributed by atoms with E-state index in [2.05, 4.69) is 10.0 Å². The van der Waals surface area contributed by atoms with Crippen LogP contribution in [0.3, 0.4) is 0 Å². The third kappa shape index (κ3) is 6.13. The molecule has 6 heteroatoms. The van der Waals surface area contributed by atoms with E-state index in [0.717, 1.165) is 26.0 Å². The molecule has 1 heterocycles. The van der Waals surface area contributed by atoms with E-state index < -0.39 is 10.0 Å². The van der Waals surface area contributed by atoms with Crippen molar-refractivity contribution in [3.05, 3.63) is 0 Å². The fraction of sp³-hybridized carbons (Fsp3) is 1.00. The normalized spacial score (nSPS) is 24.9. The molecule has 1 unspecified atom stereocenters. The zero-order valence-electron chi connectivity index (χ0n) is 11.7. The molecule has 1 aliphatic heterocycles. The van der Waals surface area contributed by atoms with E-state index in [1.807, 2.05) is 20.8 Å². The van der Waals surface area contributed by atoms with Gasteiger partial charge in [0.15, 0.2) is 0 Å². The van der Waals surface area contributed by atoms with Crippen molar-refractivity contribution in [3.63, 3.8) is 0 Å². The zero-order valence-corrected chi connectivity index (χ0v) is 12.5. The molecule has 1 aliphatic rings. The van der Waals surface area contributed by atoms with Gasteiger partial charge in [0, 0.05) is 19.2 Å². The number of nitrogens with one attached hydrogen (secondary N) is 2. The molecule has 0 amide bonds. The number of sulfonamides is 1. The molecule has 0 aromatic carbocycles. The van der Waals surface area contributed by atoms with Crippen molar-refractivity contribution in [2.75, 3.05) is 25.4 Å². The molecule has 2 N–H and O–H groups in total. The Balaban J connectivity index is 2.23. The Morgan fingerprint density at radius 3 is 2.67 bits per heavy atom. The summed E-state index contributed by atoms with van der Waals surface area (Å²) in [6.45, 7) is 7.90. The van der Waals surface area contributed by atoms with E-state index in [9.17, 15) is 8.42 Å². The smallest absolute Gasteiger partial charge is 0.211 e. The second-order valence-corrected chi connectivity index (χ2v) is 7.43. The summed E-state index contributed by atoms with van der Waals surface area (Å²) in [5, 5.41) is 3.21. The van der Waals surface area contributed by atoms with Crippen LogP contribution in [0, 0.1) is 0 Å². The largest absolute Gasteiger partial charge is 0.374 e. The maximum Gasteiger partial charge on any atom is 0.211 e. The molecule has 0 aliphatic carbocycles. The van der Waals surface area contributed by atoms with Gasteiger partial charge in [0.1, 0.15) is 0 Å². The Kier molecular flexibility index (Phi) is 6.04. The minimum Gasteiger partial charge on any atom is -0.374 e. The Labute approximate surface area is 111 Å². The first-order valence-electron chi connectivity index (χ1n) is 6.68. The summed E-state index contributed by atoms with van der Waals surface area (Å²) in [4.78, 5) is 0. The molecule has 1 fully saturated rings. The number of hydrogen-bond acceptors (Lipinski definition) is 4. The lowest BCUT2D eigenvalue weighted by Gasteiger charge is -2.23. The van der Waals surface area contributed by atoms with Gasteiger partial charge in [0.25, 0.3) is 0 Å². The molecule has 1 atom stereocenters. The molecule has 0 bridgehead atoms. The van der Waals surface area contributed by atoms with Crippen LogP contribution in [-0.2, 0) is 14.8 Å². The number of hydrogen-bond donors (Lipinski definition) is 2. The van der Waals surface area contributed by atoms with E-state index in [1.54, 1.807) is 0 Å². The highest BCUT2D eigenvalue weighted by atomic mass is 32.2. The Bertz CT molecular complexity index is 335. The summed E-state index contributed by atoms with van der Waals surface area (Å²) < 4.78 is 31.8. The topological polar surface area (TPSA) is 67.4 Å². The minimum atomic E-state index is -3.18. The molecule has 0 saturated carbocycles. The summed E-state index contributed by atoms with van der Waals surface area (Å²) in [7, 11) is -3.18. The van der Waals surface area contributed by atoms with Crippen LogP contribution in [0.25, 0.3) is 0 Å². The molecule has 18 heavy (non-hydrogen) atoms. The van der Waals surface area contributed by atoms with Gasteiger partial charge in [-0.15, -0.1) is 0 Å². The van der Waals surface area contributed by atoms with Gasteiger partial charge in [-0.1, -0.05) is 13.8 Å². The molecular weight excluding hydrogens is 252 g/mol. The average Bonchev–Trinajstić information content (AvgIpc) is 2.70. The molecule has 5 nitrogen and oxygen atoms in total. The maximum atomic E-state index is 11.8. The van der Waals surface area contributed by atoms with E-state index in [1.165, 1.54) is 0 Å². The molecular formula is C12H26N2O3S. The lowest BCUT2D eigenvalue weighted by atomic mass is 10.0. The van der Waals surface area contributed by atoms with Crippen LogP contribution < -0.4 is 10.0 Å². The first kappa shape index (κ1) is 15.9. The zero-order chi connectivity index (χ0) is 13.6. The van der Waals surface area contributed by atoms with Crippen LogP contribution >= 0.6 is 0 Å². The van der Waals surface area contributed by atoms with Gasteiger partial charge in [-0.05, 0) is 32.7 Å². The number of ether oxygens (including phenoxy) is 1. The number of rotatable bonds is 8. The highest BCUT2D eigenvalue weighted by Gasteiger charge is 2.30. The van der Waals surface area contributed by atoms with Crippen LogP contribution in [0.15, 0.2) is 0 Å². The van der Waals surface area contributed by atoms with Crippen molar-refractivity contribution in [1.29, 1.82) is 0 Å². The summed E-state index contributed by atoms with van der Waals surface area (Å²) in [5.74, 6) is 0.169. The van der Waals surface area contributed by atoms with Crippen molar-refractivity contribution >= 4 is 10.0 Å². The van der Waals surface area contributed by atoms with Gasteiger partial charge in [-0.3, -0.25) is 0 Å². The van der Waals surface area contributed by atoms with Gasteiger partial charge >= 0.3 is 0 Å². The lowest BCUT2D eigenvalue weighted by Crippen LogP contribution is -2.41. The first-order valence-corrected chi connectivity index (χ1v) is 8.33. The van der Waals surface area contributed by atoms with E-state index in [4.69, 9.17) is 4.74 Å². The van der Waals surface area contributed by atoms with Crippen LogP contribution in [0.4, 0.5) is 0 Å². The maximum absolute atomic E-state index is 11.8. The fourth-order valence-electron chi connectivity index (χ4n) is 1.96.